The first-order valence-electron chi connectivity index (χ1n) is 10.5. The van der Waals surface area contributed by atoms with Crippen LogP contribution < -0.4 is 0 Å². The summed E-state index contributed by atoms with van der Waals surface area (Å²) in [4.78, 5) is 37.7. The second-order valence-electron chi connectivity index (χ2n) is 8.66. The first-order valence-corrected chi connectivity index (χ1v) is 10.5. The van der Waals surface area contributed by atoms with Crippen molar-refractivity contribution in [3.8, 4) is 11.3 Å². The zero-order valence-electron chi connectivity index (χ0n) is 16.8. The molecular formula is C24H20N2O5. The number of nitrogens with zero attached hydrogens (tertiary/aromatic N) is 2. The molecule has 0 unspecified atom stereocenters. The largest absolute Gasteiger partial charge is 0.465 e. The Bertz CT molecular complexity index is 1140. The summed E-state index contributed by atoms with van der Waals surface area (Å²) in [6, 6.07) is 10.4. The van der Waals surface area contributed by atoms with Gasteiger partial charge in [-0.25, -0.2) is 4.79 Å². The highest BCUT2D eigenvalue weighted by Gasteiger charge is 2.67. The summed E-state index contributed by atoms with van der Waals surface area (Å²) >= 11 is 0. The highest BCUT2D eigenvalue weighted by molar-refractivity contribution is 6.06. The van der Waals surface area contributed by atoms with E-state index in [4.69, 9.17) is 9.15 Å². The molecule has 4 aliphatic carbocycles. The molecule has 2 saturated carbocycles. The van der Waals surface area contributed by atoms with Gasteiger partial charge in [0.2, 0.25) is 0 Å². The predicted octanol–water partition coefficient (Wildman–Crippen LogP) is 3.12. The number of imide groups is 1. The van der Waals surface area contributed by atoms with Crippen LogP contribution in [0.5, 0.6) is 0 Å². The maximum atomic E-state index is 13.0. The molecule has 156 valence electrons. The van der Waals surface area contributed by atoms with Gasteiger partial charge in [0, 0.05) is 5.56 Å². The van der Waals surface area contributed by atoms with E-state index in [1.807, 2.05) is 6.07 Å². The number of benzene rings is 1. The summed E-state index contributed by atoms with van der Waals surface area (Å²) in [7, 11) is 1.33. The molecule has 31 heavy (non-hydrogen) atoms. The fourth-order valence-corrected chi connectivity index (χ4v) is 5.66. The Balaban J connectivity index is 1.22. The number of carbonyl (C=O) groups excluding carboxylic acids is 3. The molecule has 1 saturated heterocycles. The molecule has 7 rings (SSSR count). The Morgan fingerprint density at radius 2 is 1.81 bits per heavy atom. The zero-order valence-corrected chi connectivity index (χ0v) is 16.8. The zero-order chi connectivity index (χ0) is 21.3. The highest BCUT2D eigenvalue weighted by atomic mass is 16.5. The second-order valence-corrected chi connectivity index (χ2v) is 8.66. The summed E-state index contributed by atoms with van der Waals surface area (Å²) in [5.74, 6) is 1.07. The van der Waals surface area contributed by atoms with E-state index in [2.05, 4.69) is 17.3 Å². The quantitative estimate of drug-likeness (QED) is 0.331. The van der Waals surface area contributed by atoms with Crippen LogP contribution in [0.15, 0.2) is 58.1 Å². The summed E-state index contributed by atoms with van der Waals surface area (Å²) in [5, 5.41) is 5.23. The number of methoxy groups -OCH3 is 1. The van der Waals surface area contributed by atoms with Crippen molar-refractivity contribution in [2.45, 2.75) is 6.42 Å². The summed E-state index contributed by atoms with van der Waals surface area (Å²) in [6.07, 6.45) is 6.81. The van der Waals surface area contributed by atoms with Gasteiger partial charge in [-0.2, -0.15) is 10.1 Å². The molecule has 1 aromatic carbocycles. The number of allylic oxidation sites excluding steroid dienone is 2. The molecule has 1 aliphatic heterocycles. The van der Waals surface area contributed by atoms with E-state index in [1.165, 1.54) is 13.3 Å². The Labute approximate surface area is 178 Å². The Morgan fingerprint density at radius 3 is 2.48 bits per heavy atom. The molecule has 0 radical (unpaired) electrons. The third-order valence-corrected chi connectivity index (χ3v) is 7.13. The molecule has 0 spiro atoms. The van der Waals surface area contributed by atoms with Crippen LogP contribution in [-0.2, 0) is 14.3 Å². The second kappa shape index (κ2) is 6.51. The molecule has 2 amide bonds. The lowest BCUT2D eigenvalue weighted by Gasteiger charge is -2.37. The van der Waals surface area contributed by atoms with E-state index in [1.54, 1.807) is 30.3 Å². The van der Waals surface area contributed by atoms with Crippen molar-refractivity contribution in [2.75, 3.05) is 7.11 Å². The first kappa shape index (κ1) is 18.3. The van der Waals surface area contributed by atoms with E-state index >= 15 is 0 Å². The van der Waals surface area contributed by atoms with Crippen LogP contribution in [0.1, 0.15) is 22.5 Å². The molecule has 2 aromatic rings. The Hall–Kier alpha value is -3.48. The Kier molecular flexibility index (Phi) is 3.84. The molecule has 0 N–H and O–H groups in total. The topological polar surface area (TPSA) is 89.2 Å². The minimum atomic E-state index is -0.427. The fraction of sp³-hybridized carbons (Fsp3) is 0.333. The summed E-state index contributed by atoms with van der Waals surface area (Å²) in [5.41, 5.74) is 1.13. The van der Waals surface area contributed by atoms with Crippen molar-refractivity contribution < 1.29 is 23.5 Å². The van der Waals surface area contributed by atoms with Gasteiger partial charge in [-0.15, -0.1) is 0 Å². The van der Waals surface area contributed by atoms with Crippen molar-refractivity contribution >= 4 is 24.0 Å². The van der Waals surface area contributed by atoms with Crippen LogP contribution in [0.4, 0.5) is 0 Å². The summed E-state index contributed by atoms with van der Waals surface area (Å²) in [6.45, 7) is 0. The average molecular weight is 416 g/mol. The van der Waals surface area contributed by atoms with E-state index < -0.39 is 5.97 Å². The lowest BCUT2D eigenvalue weighted by Crippen LogP contribution is -2.40. The fourth-order valence-electron chi connectivity index (χ4n) is 5.66. The van der Waals surface area contributed by atoms with Gasteiger partial charge in [-0.3, -0.25) is 9.59 Å². The van der Waals surface area contributed by atoms with E-state index in [-0.39, 0.29) is 35.5 Å². The Morgan fingerprint density at radius 1 is 1.10 bits per heavy atom. The number of hydrogen-bond acceptors (Lipinski definition) is 6. The van der Waals surface area contributed by atoms with Crippen LogP contribution >= 0.6 is 0 Å². The molecular weight excluding hydrogens is 396 g/mol. The maximum absolute atomic E-state index is 13.0. The van der Waals surface area contributed by atoms with E-state index in [0.29, 0.717) is 34.5 Å². The van der Waals surface area contributed by atoms with Crippen molar-refractivity contribution in [1.82, 2.24) is 5.01 Å². The van der Waals surface area contributed by atoms with Gasteiger partial charge in [0.15, 0.2) is 0 Å². The van der Waals surface area contributed by atoms with Crippen molar-refractivity contribution in [3.63, 3.8) is 0 Å². The van der Waals surface area contributed by atoms with Crippen molar-refractivity contribution in [1.29, 1.82) is 0 Å². The SMILES string of the molecule is COC(=O)c1cccc(-c2ccc(C=NN3C(=O)[C@@H]4[C@H]5C=C[C@@H]([C@@H]6C[C@@H]56)[C@H]4C3=O)o2)c1. The first-order chi connectivity index (χ1) is 15.1. The van der Waals surface area contributed by atoms with Crippen LogP contribution in [0.25, 0.3) is 11.3 Å². The van der Waals surface area contributed by atoms with Crippen LogP contribution in [0.2, 0.25) is 0 Å². The van der Waals surface area contributed by atoms with E-state index in [9.17, 15) is 14.4 Å². The van der Waals surface area contributed by atoms with Gasteiger partial charge < -0.3 is 9.15 Å². The van der Waals surface area contributed by atoms with Crippen molar-refractivity contribution in [2.24, 2.45) is 40.6 Å². The number of furan rings is 1. The lowest BCUT2D eigenvalue weighted by molar-refractivity contribution is -0.140. The van der Waals surface area contributed by atoms with Crippen LogP contribution in [0, 0.1) is 35.5 Å². The molecule has 2 heterocycles. The molecule has 2 bridgehead atoms. The lowest BCUT2D eigenvalue weighted by atomic mass is 9.63. The average Bonchev–Trinajstić information content (AvgIpc) is 3.44. The van der Waals surface area contributed by atoms with Gasteiger partial charge in [-0.05, 0) is 54.4 Å². The number of hydrogen-bond donors (Lipinski definition) is 0. The number of esters is 1. The van der Waals surface area contributed by atoms with Gasteiger partial charge in [0.25, 0.3) is 11.8 Å². The number of amides is 2. The number of rotatable bonds is 4. The van der Waals surface area contributed by atoms with Crippen LogP contribution in [-0.4, -0.2) is 36.1 Å². The molecule has 3 fully saturated rings. The van der Waals surface area contributed by atoms with Crippen molar-refractivity contribution in [3.05, 3.63) is 59.9 Å². The monoisotopic (exact) mass is 416 g/mol. The predicted molar refractivity (Wildman–Crippen MR) is 110 cm³/mol. The summed E-state index contributed by atoms with van der Waals surface area (Å²) < 4.78 is 10.6. The molecule has 7 nitrogen and oxygen atoms in total. The molecule has 7 heteroatoms. The number of ether oxygens (including phenoxy) is 1. The minimum absolute atomic E-state index is 0.175. The molecule has 5 aliphatic rings. The number of carbonyl (C=O) groups is 3. The molecule has 1 aromatic heterocycles. The van der Waals surface area contributed by atoms with E-state index in [0.717, 1.165) is 11.4 Å². The van der Waals surface area contributed by atoms with Gasteiger partial charge in [0.1, 0.15) is 11.5 Å². The third-order valence-electron chi connectivity index (χ3n) is 7.13. The number of hydrazone groups is 1. The van der Waals surface area contributed by atoms with Crippen LogP contribution in [0.3, 0.4) is 0 Å². The highest BCUT2D eigenvalue weighted by Crippen LogP contribution is 2.65. The molecule has 6 atom stereocenters. The normalized spacial score (nSPS) is 32.5. The van der Waals surface area contributed by atoms with Gasteiger partial charge >= 0.3 is 5.97 Å². The maximum Gasteiger partial charge on any atom is 0.337 e. The minimum Gasteiger partial charge on any atom is -0.465 e. The van der Waals surface area contributed by atoms with Gasteiger partial charge in [-0.1, -0.05) is 24.3 Å². The van der Waals surface area contributed by atoms with Gasteiger partial charge in [0.05, 0.1) is 30.7 Å². The standard InChI is InChI=1S/C24H20N2O5/c1-30-24(29)13-4-2-3-12(9-13)19-8-5-14(31-19)11-25-26-22(27)20-15-6-7-16(18-10-17(15)18)21(20)23(26)28/h2-9,11,15-18,20-21H,10H2,1H3/t15-,16-,17-,18-,20+,21+/m0/s1. The smallest absolute Gasteiger partial charge is 0.337 e. The third kappa shape index (κ3) is 2.65.